The van der Waals surface area contributed by atoms with Crippen molar-refractivity contribution >= 4 is 23.2 Å². The fourth-order valence-electron chi connectivity index (χ4n) is 1.35. The monoisotopic (exact) mass is 234 g/mol. The number of aliphatic imine (C=N–C) groups is 2. The van der Waals surface area contributed by atoms with E-state index in [9.17, 15) is 0 Å². The van der Waals surface area contributed by atoms with Crippen LogP contribution in [-0.2, 0) is 4.74 Å². The summed E-state index contributed by atoms with van der Waals surface area (Å²) in [6.07, 6.45) is 0. The zero-order valence-corrected chi connectivity index (χ0v) is 9.82. The van der Waals surface area contributed by atoms with Crippen LogP contribution < -0.4 is 0 Å². The summed E-state index contributed by atoms with van der Waals surface area (Å²) in [4.78, 5) is 8.12. The quantitative estimate of drug-likeness (QED) is 0.746. The van der Waals surface area contributed by atoms with Crippen LogP contribution in [0.5, 0.6) is 0 Å². The first-order valence-electron chi connectivity index (χ1n) is 5.29. The van der Waals surface area contributed by atoms with Crippen LogP contribution in [0.1, 0.15) is 5.56 Å². The number of benzene rings is 1. The van der Waals surface area contributed by atoms with Crippen molar-refractivity contribution in [1.82, 2.24) is 0 Å². The maximum absolute atomic E-state index is 5.29. The van der Waals surface area contributed by atoms with Crippen LogP contribution in [-0.4, -0.2) is 36.9 Å². The topological polar surface area (TPSA) is 34.0 Å². The highest BCUT2D eigenvalue weighted by molar-refractivity contribution is 8.12. The van der Waals surface area contributed by atoms with Crippen LogP contribution in [0.4, 0.5) is 0 Å². The third-order valence-electron chi connectivity index (χ3n) is 2.09. The molecule has 0 atom stereocenters. The number of thioether (sulfide) groups is 1. The standard InChI is InChI=1S/C9H9NO.C3H5NS/c1-2-4-8(5-3-1)9-10-6-7-11-9;1-2-5-3-4-1/h1-5H,6-7H2;3H,1-2H2. The number of rotatable bonds is 1. The molecule has 3 nitrogen and oxygen atoms in total. The molecule has 0 saturated heterocycles. The van der Waals surface area contributed by atoms with Gasteiger partial charge < -0.3 is 4.74 Å². The molecule has 0 radical (unpaired) electrons. The second kappa shape index (κ2) is 6.33. The van der Waals surface area contributed by atoms with Gasteiger partial charge in [0, 0.05) is 17.9 Å². The van der Waals surface area contributed by atoms with Gasteiger partial charge in [-0.3, -0.25) is 4.99 Å². The summed E-state index contributed by atoms with van der Waals surface area (Å²) in [6, 6.07) is 9.96. The molecule has 1 aromatic rings. The van der Waals surface area contributed by atoms with Gasteiger partial charge in [0.05, 0.1) is 12.1 Å². The van der Waals surface area contributed by atoms with Crippen LogP contribution in [0.25, 0.3) is 0 Å². The molecule has 0 amide bonds. The van der Waals surface area contributed by atoms with Crippen molar-refractivity contribution in [2.24, 2.45) is 9.98 Å². The molecule has 0 unspecified atom stereocenters. The molecule has 0 N–H and O–H groups in total. The molecule has 16 heavy (non-hydrogen) atoms. The lowest BCUT2D eigenvalue weighted by atomic mass is 10.2. The minimum atomic E-state index is 0.726. The first-order chi connectivity index (χ1) is 7.97. The third kappa shape index (κ3) is 3.38. The maximum Gasteiger partial charge on any atom is 0.216 e. The molecule has 84 valence electrons. The van der Waals surface area contributed by atoms with Crippen molar-refractivity contribution in [3.63, 3.8) is 0 Å². The van der Waals surface area contributed by atoms with E-state index in [2.05, 4.69) is 9.98 Å². The SMILES string of the molecule is C1=NCCS1.c1ccc(C2=NCCO2)cc1. The van der Waals surface area contributed by atoms with Gasteiger partial charge in [-0.05, 0) is 12.1 Å². The minimum Gasteiger partial charge on any atom is -0.476 e. The molecule has 1 aromatic carbocycles. The lowest BCUT2D eigenvalue weighted by molar-refractivity contribution is 0.348. The molecule has 2 heterocycles. The zero-order valence-electron chi connectivity index (χ0n) is 9.00. The molecule has 0 fully saturated rings. The van der Waals surface area contributed by atoms with Gasteiger partial charge in [0.2, 0.25) is 5.90 Å². The summed E-state index contributed by atoms with van der Waals surface area (Å²) in [5.41, 5.74) is 2.98. The maximum atomic E-state index is 5.29. The van der Waals surface area contributed by atoms with Gasteiger partial charge in [-0.2, -0.15) is 0 Å². The molecule has 0 spiro atoms. The predicted molar refractivity (Wildman–Crippen MR) is 69.6 cm³/mol. The van der Waals surface area contributed by atoms with E-state index >= 15 is 0 Å². The molecule has 0 saturated carbocycles. The van der Waals surface area contributed by atoms with Gasteiger partial charge >= 0.3 is 0 Å². The van der Waals surface area contributed by atoms with Crippen LogP contribution >= 0.6 is 11.8 Å². The zero-order chi connectivity index (χ0) is 11.1. The average molecular weight is 234 g/mol. The Balaban J connectivity index is 0.000000162. The van der Waals surface area contributed by atoms with Crippen molar-refractivity contribution in [1.29, 1.82) is 0 Å². The van der Waals surface area contributed by atoms with Gasteiger partial charge in [0.1, 0.15) is 6.61 Å². The average Bonchev–Trinajstić information content (AvgIpc) is 3.07. The largest absolute Gasteiger partial charge is 0.476 e. The molecule has 0 aromatic heterocycles. The van der Waals surface area contributed by atoms with Gasteiger partial charge in [0.25, 0.3) is 0 Å². The van der Waals surface area contributed by atoms with E-state index in [4.69, 9.17) is 4.74 Å². The molecule has 0 aliphatic carbocycles. The smallest absolute Gasteiger partial charge is 0.216 e. The summed E-state index contributed by atoms with van der Waals surface area (Å²) in [7, 11) is 0. The Bertz CT molecular complexity index is 370. The normalized spacial score (nSPS) is 17.4. The van der Waals surface area contributed by atoms with Gasteiger partial charge in [-0.15, -0.1) is 11.8 Å². The van der Waals surface area contributed by atoms with Crippen LogP contribution in [0.2, 0.25) is 0 Å². The first-order valence-corrected chi connectivity index (χ1v) is 6.34. The van der Waals surface area contributed by atoms with E-state index in [1.165, 1.54) is 5.75 Å². The fraction of sp³-hybridized carbons (Fsp3) is 0.333. The van der Waals surface area contributed by atoms with Crippen LogP contribution in [0.15, 0.2) is 40.3 Å². The van der Waals surface area contributed by atoms with E-state index < -0.39 is 0 Å². The van der Waals surface area contributed by atoms with Crippen molar-refractivity contribution in [3.05, 3.63) is 35.9 Å². The third-order valence-corrected chi connectivity index (χ3v) is 2.81. The highest BCUT2D eigenvalue weighted by atomic mass is 32.2. The Morgan fingerprint density at radius 3 is 2.50 bits per heavy atom. The molecule has 4 heteroatoms. The van der Waals surface area contributed by atoms with Crippen molar-refractivity contribution in [2.75, 3.05) is 25.4 Å². The van der Waals surface area contributed by atoms with E-state index in [1.807, 2.05) is 35.9 Å². The van der Waals surface area contributed by atoms with Gasteiger partial charge in [-0.25, -0.2) is 4.99 Å². The van der Waals surface area contributed by atoms with Crippen LogP contribution in [0, 0.1) is 0 Å². The Morgan fingerprint density at radius 1 is 1.12 bits per heavy atom. The molecular weight excluding hydrogens is 220 g/mol. The fourth-order valence-corrected chi connectivity index (χ4v) is 1.88. The summed E-state index contributed by atoms with van der Waals surface area (Å²) in [6.45, 7) is 2.55. The summed E-state index contributed by atoms with van der Waals surface area (Å²) in [5, 5.41) is 0. The van der Waals surface area contributed by atoms with E-state index in [-0.39, 0.29) is 0 Å². The molecule has 2 aliphatic rings. The Kier molecular flexibility index (Phi) is 4.43. The lowest BCUT2D eigenvalue weighted by Gasteiger charge is -1.98. The molecule has 3 rings (SSSR count). The lowest BCUT2D eigenvalue weighted by Crippen LogP contribution is -1.99. The molecule has 2 aliphatic heterocycles. The van der Waals surface area contributed by atoms with Crippen molar-refractivity contribution < 1.29 is 4.74 Å². The molecule has 0 bridgehead atoms. The second-order valence-electron chi connectivity index (χ2n) is 3.28. The second-order valence-corrected chi connectivity index (χ2v) is 4.24. The summed E-state index contributed by atoms with van der Waals surface area (Å²) >= 11 is 1.78. The Hall–Kier alpha value is -1.29. The van der Waals surface area contributed by atoms with Crippen molar-refractivity contribution in [3.8, 4) is 0 Å². The Labute approximate surface area is 99.6 Å². The van der Waals surface area contributed by atoms with E-state index in [0.29, 0.717) is 0 Å². The first kappa shape index (κ1) is 11.2. The van der Waals surface area contributed by atoms with Gasteiger partial charge in [0.15, 0.2) is 0 Å². The van der Waals surface area contributed by atoms with Crippen molar-refractivity contribution in [2.45, 2.75) is 0 Å². The summed E-state index contributed by atoms with van der Waals surface area (Å²) < 4.78 is 5.29. The Morgan fingerprint density at radius 2 is 2.00 bits per heavy atom. The minimum absolute atomic E-state index is 0.726. The number of ether oxygens (including phenoxy) is 1. The van der Waals surface area contributed by atoms with E-state index in [0.717, 1.165) is 31.2 Å². The highest BCUT2D eigenvalue weighted by Gasteiger charge is 2.07. The number of nitrogens with zero attached hydrogens (tertiary/aromatic N) is 2. The molecular formula is C12H14N2OS. The van der Waals surface area contributed by atoms with E-state index in [1.54, 1.807) is 11.8 Å². The van der Waals surface area contributed by atoms with Crippen LogP contribution in [0.3, 0.4) is 0 Å². The highest BCUT2D eigenvalue weighted by Crippen LogP contribution is 2.06. The van der Waals surface area contributed by atoms with Gasteiger partial charge in [-0.1, -0.05) is 18.2 Å². The number of hydrogen-bond donors (Lipinski definition) is 0. The predicted octanol–water partition coefficient (Wildman–Crippen LogP) is 2.22. The number of hydrogen-bond acceptors (Lipinski definition) is 4. The summed E-state index contributed by atoms with van der Waals surface area (Å²) in [5.74, 6) is 1.98.